The second-order valence-corrected chi connectivity index (χ2v) is 3.88. The monoisotopic (exact) mass is 244 g/mol. The molecule has 0 aromatic rings. The molecule has 1 aliphatic rings. The van der Waals surface area contributed by atoms with Gasteiger partial charge in [0.1, 0.15) is 12.1 Å². The number of alkyl carbamates (subject to hydrolysis) is 1. The van der Waals surface area contributed by atoms with Crippen molar-refractivity contribution in [3.63, 3.8) is 0 Å². The van der Waals surface area contributed by atoms with Gasteiger partial charge in [-0.05, 0) is 19.8 Å². The van der Waals surface area contributed by atoms with Crippen LogP contribution in [0.1, 0.15) is 19.8 Å². The maximum absolute atomic E-state index is 11.9. The van der Waals surface area contributed by atoms with Gasteiger partial charge in [0.15, 0.2) is 0 Å². The molecular formula is C10H16N2O5. The van der Waals surface area contributed by atoms with Crippen molar-refractivity contribution in [2.24, 2.45) is 0 Å². The SMILES string of the molecule is COC(=O)NC1CCCN(C(C)C(=O)O)C1=O. The third kappa shape index (κ3) is 3.08. The molecule has 0 spiro atoms. The van der Waals surface area contributed by atoms with E-state index in [2.05, 4.69) is 10.1 Å². The van der Waals surface area contributed by atoms with Crippen molar-refractivity contribution in [2.75, 3.05) is 13.7 Å². The summed E-state index contributed by atoms with van der Waals surface area (Å²) in [4.78, 5) is 35.0. The molecule has 17 heavy (non-hydrogen) atoms. The van der Waals surface area contributed by atoms with Gasteiger partial charge in [-0.15, -0.1) is 0 Å². The number of ether oxygens (including phenoxy) is 1. The smallest absolute Gasteiger partial charge is 0.407 e. The number of aliphatic carboxylic acids is 1. The molecule has 1 aliphatic heterocycles. The van der Waals surface area contributed by atoms with E-state index < -0.39 is 24.1 Å². The van der Waals surface area contributed by atoms with Crippen LogP contribution in [0.25, 0.3) is 0 Å². The van der Waals surface area contributed by atoms with Crippen LogP contribution in [-0.4, -0.2) is 53.7 Å². The third-order valence-corrected chi connectivity index (χ3v) is 2.78. The fourth-order valence-corrected chi connectivity index (χ4v) is 1.75. The van der Waals surface area contributed by atoms with Crippen molar-refractivity contribution < 1.29 is 24.2 Å². The second-order valence-electron chi connectivity index (χ2n) is 3.88. The van der Waals surface area contributed by atoms with Gasteiger partial charge in [0.25, 0.3) is 0 Å². The van der Waals surface area contributed by atoms with Crippen LogP contribution >= 0.6 is 0 Å². The van der Waals surface area contributed by atoms with Gasteiger partial charge in [0.2, 0.25) is 5.91 Å². The molecular weight excluding hydrogens is 228 g/mol. The largest absolute Gasteiger partial charge is 0.480 e. The molecule has 0 aromatic carbocycles. The number of carbonyl (C=O) groups excluding carboxylic acids is 2. The van der Waals surface area contributed by atoms with E-state index >= 15 is 0 Å². The first kappa shape index (κ1) is 13.3. The summed E-state index contributed by atoms with van der Waals surface area (Å²) in [6, 6.07) is -1.58. The summed E-state index contributed by atoms with van der Waals surface area (Å²) in [5.41, 5.74) is 0. The molecule has 0 bridgehead atoms. The Morgan fingerprint density at radius 2 is 2.24 bits per heavy atom. The number of carboxylic acid groups (broad SMARTS) is 1. The molecule has 2 N–H and O–H groups in total. The van der Waals surface area contributed by atoms with Crippen LogP contribution in [0.15, 0.2) is 0 Å². The molecule has 1 rings (SSSR count). The average Bonchev–Trinajstić information content (AvgIpc) is 2.30. The summed E-state index contributed by atoms with van der Waals surface area (Å²) >= 11 is 0. The van der Waals surface area contributed by atoms with Crippen molar-refractivity contribution in [3.8, 4) is 0 Å². The third-order valence-electron chi connectivity index (χ3n) is 2.78. The van der Waals surface area contributed by atoms with Crippen molar-refractivity contribution >= 4 is 18.0 Å². The Morgan fingerprint density at radius 1 is 1.59 bits per heavy atom. The van der Waals surface area contributed by atoms with Gasteiger partial charge in [0, 0.05) is 6.54 Å². The molecule has 0 aliphatic carbocycles. The van der Waals surface area contributed by atoms with E-state index in [0.717, 1.165) is 0 Å². The summed E-state index contributed by atoms with van der Waals surface area (Å²) < 4.78 is 4.41. The van der Waals surface area contributed by atoms with E-state index in [9.17, 15) is 14.4 Å². The summed E-state index contributed by atoms with van der Waals surface area (Å²) in [5.74, 6) is -1.44. The zero-order valence-corrected chi connectivity index (χ0v) is 9.80. The Kier molecular flexibility index (Phi) is 4.30. The number of hydrogen-bond acceptors (Lipinski definition) is 4. The quantitative estimate of drug-likeness (QED) is 0.717. The molecule has 2 atom stereocenters. The Balaban J connectivity index is 2.68. The zero-order chi connectivity index (χ0) is 13.0. The fourth-order valence-electron chi connectivity index (χ4n) is 1.75. The maximum Gasteiger partial charge on any atom is 0.407 e. The highest BCUT2D eigenvalue weighted by Gasteiger charge is 2.34. The van der Waals surface area contributed by atoms with Crippen LogP contribution in [0.2, 0.25) is 0 Å². The van der Waals surface area contributed by atoms with Crippen molar-refractivity contribution in [1.29, 1.82) is 0 Å². The maximum atomic E-state index is 11.9. The molecule has 0 aromatic heterocycles. The Bertz CT molecular complexity index is 331. The van der Waals surface area contributed by atoms with Gasteiger partial charge in [0.05, 0.1) is 7.11 Å². The van der Waals surface area contributed by atoms with E-state index in [1.807, 2.05) is 0 Å². The summed E-state index contributed by atoms with van der Waals surface area (Å²) in [6.45, 7) is 1.84. The summed E-state index contributed by atoms with van der Waals surface area (Å²) in [5, 5.41) is 11.3. The van der Waals surface area contributed by atoms with E-state index in [1.165, 1.54) is 18.9 Å². The minimum atomic E-state index is -1.06. The highest BCUT2D eigenvalue weighted by atomic mass is 16.5. The molecule has 1 heterocycles. The number of nitrogens with zero attached hydrogens (tertiary/aromatic N) is 1. The highest BCUT2D eigenvalue weighted by Crippen LogP contribution is 2.15. The lowest BCUT2D eigenvalue weighted by Gasteiger charge is -2.34. The van der Waals surface area contributed by atoms with Crippen molar-refractivity contribution in [1.82, 2.24) is 10.2 Å². The number of carbonyl (C=O) groups is 3. The van der Waals surface area contributed by atoms with E-state index in [-0.39, 0.29) is 5.91 Å². The number of rotatable bonds is 3. The molecule has 7 nitrogen and oxygen atoms in total. The minimum absolute atomic E-state index is 0.378. The number of amides is 2. The van der Waals surface area contributed by atoms with E-state index in [1.54, 1.807) is 0 Å². The van der Waals surface area contributed by atoms with Gasteiger partial charge in [-0.1, -0.05) is 0 Å². The first-order chi connectivity index (χ1) is 7.97. The van der Waals surface area contributed by atoms with Crippen LogP contribution in [-0.2, 0) is 14.3 Å². The Morgan fingerprint density at radius 3 is 2.76 bits per heavy atom. The number of carboxylic acids is 1. The van der Waals surface area contributed by atoms with Gasteiger partial charge in [-0.3, -0.25) is 4.79 Å². The lowest BCUT2D eigenvalue weighted by atomic mass is 10.0. The molecule has 2 unspecified atom stereocenters. The van der Waals surface area contributed by atoms with Crippen molar-refractivity contribution in [2.45, 2.75) is 31.8 Å². The topological polar surface area (TPSA) is 95.9 Å². The summed E-state index contributed by atoms with van der Waals surface area (Å²) in [7, 11) is 1.21. The average molecular weight is 244 g/mol. The van der Waals surface area contributed by atoms with Crippen LogP contribution < -0.4 is 5.32 Å². The standard InChI is InChI=1S/C10H16N2O5/c1-6(9(14)15)12-5-3-4-7(8(12)13)11-10(16)17-2/h6-7H,3-5H2,1-2H3,(H,11,16)(H,14,15). The number of piperidine rings is 1. The highest BCUT2D eigenvalue weighted by molar-refractivity contribution is 5.89. The van der Waals surface area contributed by atoms with E-state index in [0.29, 0.717) is 19.4 Å². The van der Waals surface area contributed by atoms with Crippen LogP contribution in [0.4, 0.5) is 4.79 Å². The Labute approximate surface area is 98.7 Å². The van der Waals surface area contributed by atoms with Gasteiger partial charge < -0.3 is 20.1 Å². The van der Waals surface area contributed by atoms with Crippen molar-refractivity contribution in [3.05, 3.63) is 0 Å². The Hall–Kier alpha value is -1.79. The fraction of sp³-hybridized carbons (Fsp3) is 0.700. The molecule has 96 valence electrons. The number of likely N-dealkylation sites (tertiary alicyclic amines) is 1. The van der Waals surface area contributed by atoms with Crippen LogP contribution in [0.3, 0.4) is 0 Å². The molecule has 1 fully saturated rings. The molecule has 7 heteroatoms. The molecule has 1 saturated heterocycles. The second kappa shape index (κ2) is 5.51. The predicted octanol–water partition coefficient (Wildman–Crippen LogP) is -0.194. The molecule has 2 amide bonds. The zero-order valence-electron chi connectivity index (χ0n) is 9.80. The predicted molar refractivity (Wildman–Crippen MR) is 57.4 cm³/mol. The number of nitrogens with one attached hydrogen (secondary N) is 1. The van der Waals surface area contributed by atoms with Gasteiger partial charge in [-0.2, -0.15) is 0 Å². The number of methoxy groups -OCH3 is 1. The lowest BCUT2D eigenvalue weighted by molar-refractivity contribution is -0.151. The van der Waals surface area contributed by atoms with Crippen LogP contribution in [0.5, 0.6) is 0 Å². The number of hydrogen-bond donors (Lipinski definition) is 2. The van der Waals surface area contributed by atoms with Gasteiger partial charge >= 0.3 is 12.1 Å². The van der Waals surface area contributed by atoms with Crippen LogP contribution in [0, 0.1) is 0 Å². The lowest BCUT2D eigenvalue weighted by Crippen LogP contribution is -2.56. The first-order valence-corrected chi connectivity index (χ1v) is 5.35. The normalized spacial score (nSPS) is 21.9. The summed E-state index contributed by atoms with van der Waals surface area (Å²) in [6.07, 6.45) is 0.461. The van der Waals surface area contributed by atoms with E-state index in [4.69, 9.17) is 5.11 Å². The molecule has 0 radical (unpaired) electrons. The van der Waals surface area contributed by atoms with Gasteiger partial charge in [-0.25, -0.2) is 9.59 Å². The molecule has 0 saturated carbocycles. The first-order valence-electron chi connectivity index (χ1n) is 5.35. The minimum Gasteiger partial charge on any atom is -0.480 e.